The van der Waals surface area contributed by atoms with Crippen molar-refractivity contribution in [3.05, 3.63) is 45.2 Å². The Morgan fingerprint density at radius 3 is 2.35 bits per heavy atom. The predicted octanol–water partition coefficient (Wildman–Crippen LogP) is 0.0362. The van der Waals surface area contributed by atoms with Crippen LogP contribution in [-0.2, 0) is 13.6 Å². The van der Waals surface area contributed by atoms with Crippen LogP contribution >= 0.6 is 35.0 Å². The lowest BCUT2D eigenvalue weighted by molar-refractivity contribution is -2.00. The Kier molecular flexibility index (Phi) is 10.6. The van der Waals surface area contributed by atoms with Crippen LogP contribution in [0.3, 0.4) is 0 Å². The normalized spacial score (nSPS) is 16.1. The van der Waals surface area contributed by atoms with Gasteiger partial charge in [-0.1, -0.05) is 29.3 Å². The van der Waals surface area contributed by atoms with E-state index in [4.69, 9.17) is 41.8 Å². The Balaban J connectivity index is 0.000000739. The van der Waals surface area contributed by atoms with E-state index in [1.807, 2.05) is 23.9 Å². The second kappa shape index (κ2) is 12.3. The molecule has 0 unspecified atom stereocenters. The number of nitrogens with zero attached hydrogens (tertiary/aromatic N) is 4. The van der Waals surface area contributed by atoms with Crippen LogP contribution in [0.2, 0.25) is 10.0 Å². The molecule has 1 aliphatic heterocycles. The SMILES string of the molecule is CCN1CCSC1=CC=Cc1n(CCC[N+](C)(C)C)c2cc(Cl)c(Cl)cc2[n+]1C.[O-][Cl+3]([O-])([O-])[O-]. The summed E-state index contributed by atoms with van der Waals surface area (Å²) < 4.78 is 39.5. The number of hydrogen-bond acceptors (Lipinski definition) is 6. The third-order valence-electron chi connectivity index (χ3n) is 5.29. The Morgan fingerprint density at radius 2 is 1.76 bits per heavy atom. The first-order chi connectivity index (χ1) is 15.7. The number of thioether (sulfide) groups is 1. The molecule has 0 atom stereocenters. The zero-order valence-corrected chi connectivity index (χ0v) is 23.2. The first kappa shape index (κ1) is 29.2. The van der Waals surface area contributed by atoms with Gasteiger partial charge >= 0.3 is 0 Å². The molecule has 0 radical (unpaired) electrons. The smallest absolute Gasteiger partial charge is 0.282 e. The van der Waals surface area contributed by atoms with Crippen molar-refractivity contribution in [2.75, 3.05) is 46.5 Å². The van der Waals surface area contributed by atoms with Crippen molar-refractivity contribution in [2.24, 2.45) is 7.05 Å². The van der Waals surface area contributed by atoms with Gasteiger partial charge in [0.25, 0.3) is 5.82 Å². The molecule has 190 valence electrons. The van der Waals surface area contributed by atoms with E-state index in [9.17, 15) is 0 Å². The second-order valence-electron chi connectivity index (χ2n) is 8.86. The van der Waals surface area contributed by atoms with Crippen LogP contribution in [0.4, 0.5) is 0 Å². The molecule has 2 aromatic rings. The number of hydrogen-bond donors (Lipinski definition) is 0. The van der Waals surface area contributed by atoms with Gasteiger partial charge in [-0.05, 0) is 13.0 Å². The van der Waals surface area contributed by atoms with Gasteiger partial charge in [-0.2, -0.15) is 0 Å². The Labute approximate surface area is 217 Å². The molecule has 0 N–H and O–H groups in total. The quantitative estimate of drug-likeness (QED) is 0.354. The zero-order valence-electron chi connectivity index (χ0n) is 20.1. The van der Waals surface area contributed by atoms with Crippen molar-refractivity contribution in [3.8, 4) is 0 Å². The average Bonchev–Trinajstić information content (AvgIpc) is 3.24. The molecular weight excluding hydrogens is 523 g/mol. The lowest BCUT2D eigenvalue weighted by Gasteiger charge is -2.23. The van der Waals surface area contributed by atoms with E-state index in [2.05, 4.69) is 67.4 Å². The fourth-order valence-electron chi connectivity index (χ4n) is 3.72. The number of fused-ring (bicyclic) bond motifs is 1. The third kappa shape index (κ3) is 8.89. The summed E-state index contributed by atoms with van der Waals surface area (Å²) in [4.78, 5) is 2.42. The van der Waals surface area contributed by atoms with Gasteiger partial charge in [0.2, 0.25) is 0 Å². The molecule has 34 heavy (non-hydrogen) atoms. The number of halogens is 3. The minimum Gasteiger partial charge on any atom is -0.366 e. The number of rotatable bonds is 7. The van der Waals surface area contributed by atoms with Crippen molar-refractivity contribution >= 4 is 52.1 Å². The second-order valence-corrected chi connectivity index (χ2v) is 11.5. The maximum atomic E-state index is 8.49. The van der Waals surface area contributed by atoms with Gasteiger partial charge in [0.1, 0.15) is 0 Å². The summed E-state index contributed by atoms with van der Waals surface area (Å²) >= 11 is 14.6. The fraction of sp³-hybridized carbons (Fsp3) is 0.500. The van der Waals surface area contributed by atoms with E-state index in [0.717, 1.165) is 53.9 Å². The Hall–Kier alpha value is -1.01. The summed E-state index contributed by atoms with van der Waals surface area (Å²) in [5.74, 6) is 2.33. The predicted molar refractivity (Wildman–Crippen MR) is 127 cm³/mol. The molecule has 1 aromatic carbocycles. The number of aryl methyl sites for hydroxylation is 2. The van der Waals surface area contributed by atoms with Crippen molar-refractivity contribution < 1.29 is 37.9 Å². The van der Waals surface area contributed by atoms with E-state index < -0.39 is 10.2 Å². The molecule has 0 bridgehead atoms. The Morgan fingerprint density at radius 1 is 1.15 bits per heavy atom. The highest BCUT2D eigenvalue weighted by molar-refractivity contribution is 8.03. The van der Waals surface area contributed by atoms with Gasteiger partial charge in [-0.15, -0.1) is 22.0 Å². The average molecular weight is 555 g/mol. The molecule has 8 nitrogen and oxygen atoms in total. The molecule has 1 aromatic heterocycles. The molecule has 1 aliphatic rings. The lowest BCUT2D eigenvalue weighted by Crippen LogP contribution is -2.68. The number of benzene rings is 1. The summed E-state index contributed by atoms with van der Waals surface area (Å²) in [6.45, 7) is 6.46. The first-order valence-electron chi connectivity index (χ1n) is 10.8. The van der Waals surface area contributed by atoms with Crippen LogP contribution in [0.15, 0.2) is 29.3 Å². The molecular formula is C22H32Cl3N4O4S+. The fourth-order valence-corrected chi connectivity index (χ4v) is 5.14. The van der Waals surface area contributed by atoms with Crippen LogP contribution in [0.5, 0.6) is 0 Å². The molecule has 3 rings (SSSR count). The molecule has 1 saturated heterocycles. The Bertz CT molecular complexity index is 1040. The minimum atomic E-state index is -4.94. The van der Waals surface area contributed by atoms with Crippen molar-refractivity contribution in [1.82, 2.24) is 9.47 Å². The number of allylic oxidation sites excluding steroid dienone is 2. The highest BCUT2D eigenvalue weighted by Gasteiger charge is 2.23. The van der Waals surface area contributed by atoms with Crippen molar-refractivity contribution in [3.63, 3.8) is 0 Å². The van der Waals surface area contributed by atoms with Crippen LogP contribution in [0.1, 0.15) is 19.2 Å². The van der Waals surface area contributed by atoms with Crippen LogP contribution < -0.4 is 23.2 Å². The number of imidazole rings is 1. The molecule has 0 spiro atoms. The van der Waals surface area contributed by atoms with E-state index in [0.29, 0.717) is 10.0 Å². The summed E-state index contributed by atoms with van der Waals surface area (Å²) in [6.07, 6.45) is 7.70. The van der Waals surface area contributed by atoms with E-state index >= 15 is 0 Å². The summed E-state index contributed by atoms with van der Waals surface area (Å²) in [5, 5.41) is 2.55. The lowest BCUT2D eigenvalue weighted by atomic mass is 10.3. The van der Waals surface area contributed by atoms with Gasteiger partial charge in [0, 0.05) is 43.5 Å². The van der Waals surface area contributed by atoms with Gasteiger partial charge in [-0.25, -0.2) is 27.8 Å². The van der Waals surface area contributed by atoms with Crippen molar-refractivity contribution in [1.29, 1.82) is 0 Å². The molecule has 2 heterocycles. The molecule has 12 heteroatoms. The van der Waals surface area contributed by atoms with Crippen LogP contribution in [0.25, 0.3) is 17.1 Å². The van der Waals surface area contributed by atoms with Crippen molar-refractivity contribution in [2.45, 2.75) is 19.9 Å². The van der Waals surface area contributed by atoms with Gasteiger partial charge in [0.05, 0.1) is 56.4 Å². The van der Waals surface area contributed by atoms with Gasteiger partial charge in [0.15, 0.2) is 11.0 Å². The van der Waals surface area contributed by atoms with E-state index in [-0.39, 0.29) is 0 Å². The molecule has 0 aliphatic carbocycles. The maximum Gasteiger partial charge on any atom is 0.282 e. The summed E-state index contributed by atoms with van der Waals surface area (Å²) in [7, 11) is 3.85. The van der Waals surface area contributed by atoms with Gasteiger partial charge in [-0.3, -0.25) is 0 Å². The number of quaternary nitrogens is 1. The van der Waals surface area contributed by atoms with Gasteiger partial charge < -0.3 is 9.38 Å². The standard InChI is InChI=1S/C22H32Cl2N4S.ClHO4/c1-6-26-12-14-29-22(26)10-7-9-21-25(2)19-15-17(23)18(24)16-20(19)27(21)11-8-13-28(3,4)5;2-1(3,4)5/h7,9-10,15-16H,6,8,11-14H2,1-5H3;(H,2,3,4,5)/q+2;/p-1. The highest BCUT2D eigenvalue weighted by Crippen LogP contribution is 2.29. The summed E-state index contributed by atoms with van der Waals surface area (Å²) in [5.41, 5.74) is 2.23. The first-order valence-corrected chi connectivity index (χ1v) is 13.7. The topological polar surface area (TPSA) is 104 Å². The third-order valence-corrected chi connectivity index (χ3v) is 7.09. The maximum absolute atomic E-state index is 8.49. The molecule has 0 saturated carbocycles. The van der Waals surface area contributed by atoms with Crippen LogP contribution in [-0.4, -0.2) is 60.5 Å². The molecule has 0 amide bonds. The van der Waals surface area contributed by atoms with E-state index in [1.54, 1.807) is 0 Å². The summed E-state index contributed by atoms with van der Waals surface area (Å²) in [6, 6.07) is 3.96. The highest BCUT2D eigenvalue weighted by atomic mass is 35.7. The minimum absolute atomic E-state index is 0.594. The monoisotopic (exact) mass is 553 g/mol. The molecule has 1 fully saturated rings. The number of aromatic nitrogens is 2. The zero-order chi connectivity index (χ0) is 25.7. The van der Waals surface area contributed by atoms with Crippen LogP contribution in [0, 0.1) is 10.2 Å². The largest absolute Gasteiger partial charge is 0.366 e. The van der Waals surface area contributed by atoms with E-state index in [1.165, 1.54) is 10.8 Å².